The molecule has 0 aromatic carbocycles. The van der Waals surface area contributed by atoms with E-state index in [1.54, 1.807) is 0 Å². The van der Waals surface area contributed by atoms with E-state index in [0.29, 0.717) is 12.0 Å². The molecule has 0 saturated carbocycles. The molecule has 1 rings (SSSR count). The molecule has 0 spiro atoms. The van der Waals surface area contributed by atoms with Crippen LogP contribution in [0.4, 0.5) is 0 Å². The van der Waals surface area contributed by atoms with Gasteiger partial charge in [-0.25, -0.2) is 0 Å². The Labute approximate surface area is 86.4 Å². The summed E-state index contributed by atoms with van der Waals surface area (Å²) >= 11 is 0. The number of hydrogen-bond donors (Lipinski definition) is 0. The molecule has 0 radical (unpaired) electrons. The van der Waals surface area contributed by atoms with E-state index in [4.69, 9.17) is 4.74 Å². The zero-order chi connectivity index (χ0) is 10.8. The molecular formula is C11H21NO2. The van der Waals surface area contributed by atoms with E-state index in [1.807, 2.05) is 13.8 Å². The second-order valence-corrected chi connectivity index (χ2v) is 5.16. The van der Waals surface area contributed by atoms with Crippen LogP contribution in [0.25, 0.3) is 0 Å². The van der Waals surface area contributed by atoms with Crippen LogP contribution in [0.1, 0.15) is 34.1 Å². The molecule has 0 N–H and O–H groups in total. The van der Waals surface area contributed by atoms with E-state index in [9.17, 15) is 4.79 Å². The first-order chi connectivity index (χ1) is 6.39. The van der Waals surface area contributed by atoms with Gasteiger partial charge in [0, 0.05) is 6.54 Å². The highest BCUT2D eigenvalue weighted by molar-refractivity contribution is 5.71. The molecule has 14 heavy (non-hydrogen) atoms. The number of esters is 1. The third-order valence-electron chi connectivity index (χ3n) is 2.48. The SMILES string of the molecule is CC(C)OC(=O)CN1CCC(C)(C)C1. The summed E-state index contributed by atoms with van der Waals surface area (Å²) in [5.74, 6) is -0.0994. The van der Waals surface area contributed by atoms with E-state index < -0.39 is 0 Å². The molecule has 0 bridgehead atoms. The van der Waals surface area contributed by atoms with Gasteiger partial charge >= 0.3 is 5.97 Å². The second kappa shape index (κ2) is 4.30. The standard InChI is InChI=1S/C11H21NO2/c1-9(2)14-10(13)7-12-6-5-11(3,4)8-12/h9H,5-8H2,1-4H3. The number of likely N-dealkylation sites (tertiary alicyclic amines) is 1. The van der Waals surface area contributed by atoms with Crippen molar-refractivity contribution in [2.24, 2.45) is 5.41 Å². The molecule has 0 unspecified atom stereocenters. The maximum absolute atomic E-state index is 11.4. The zero-order valence-corrected chi connectivity index (χ0v) is 9.67. The van der Waals surface area contributed by atoms with Crippen molar-refractivity contribution in [3.63, 3.8) is 0 Å². The maximum Gasteiger partial charge on any atom is 0.320 e. The van der Waals surface area contributed by atoms with E-state index in [2.05, 4.69) is 18.7 Å². The maximum atomic E-state index is 11.4. The predicted octanol–water partition coefficient (Wildman–Crippen LogP) is 1.67. The Bertz CT molecular complexity index is 211. The third kappa shape index (κ3) is 3.66. The minimum Gasteiger partial charge on any atom is -0.462 e. The quantitative estimate of drug-likeness (QED) is 0.648. The Hall–Kier alpha value is -0.570. The minimum atomic E-state index is -0.0994. The Morgan fingerprint density at radius 2 is 2.14 bits per heavy atom. The molecule has 0 aliphatic carbocycles. The van der Waals surface area contributed by atoms with Crippen molar-refractivity contribution in [3.8, 4) is 0 Å². The van der Waals surface area contributed by atoms with Gasteiger partial charge in [0.2, 0.25) is 0 Å². The summed E-state index contributed by atoms with van der Waals surface area (Å²) in [6.07, 6.45) is 1.17. The van der Waals surface area contributed by atoms with Crippen molar-refractivity contribution < 1.29 is 9.53 Å². The molecule has 1 heterocycles. The molecule has 3 heteroatoms. The molecule has 0 atom stereocenters. The van der Waals surface area contributed by atoms with Gasteiger partial charge in [-0.2, -0.15) is 0 Å². The van der Waals surface area contributed by atoms with Gasteiger partial charge in [-0.1, -0.05) is 13.8 Å². The van der Waals surface area contributed by atoms with Gasteiger partial charge in [-0.15, -0.1) is 0 Å². The summed E-state index contributed by atoms with van der Waals surface area (Å²) < 4.78 is 5.10. The van der Waals surface area contributed by atoms with Crippen molar-refractivity contribution in [1.29, 1.82) is 0 Å². The van der Waals surface area contributed by atoms with Gasteiger partial charge in [0.05, 0.1) is 12.6 Å². The molecule has 1 aliphatic rings. The third-order valence-corrected chi connectivity index (χ3v) is 2.48. The van der Waals surface area contributed by atoms with E-state index >= 15 is 0 Å². The molecule has 0 aromatic rings. The number of rotatable bonds is 3. The second-order valence-electron chi connectivity index (χ2n) is 5.16. The van der Waals surface area contributed by atoms with Gasteiger partial charge < -0.3 is 4.74 Å². The summed E-state index contributed by atoms with van der Waals surface area (Å²) in [4.78, 5) is 13.5. The molecular weight excluding hydrogens is 178 g/mol. The molecule has 3 nitrogen and oxygen atoms in total. The van der Waals surface area contributed by atoms with Crippen LogP contribution in [0.2, 0.25) is 0 Å². The summed E-state index contributed by atoms with van der Waals surface area (Å²) in [5, 5.41) is 0. The van der Waals surface area contributed by atoms with Crippen molar-refractivity contribution in [3.05, 3.63) is 0 Å². The van der Waals surface area contributed by atoms with Crippen LogP contribution in [0.15, 0.2) is 0 Å². The van der Waals surface area contributed by atoms with Crippen LogP contribution in [-0.2, 0) is 9.53 Å². The molecule has 0 amide bonds. The fourth-order valence-corrected chi connectivity index (χ4v) is 1.84. The van der Waals surface area contributed by atoms with Gasteiger partial charge in [0.25, 0.3) is 0 Å². The molecule has 1 aliphatic heterocycles. The van der Waals surface area contributed by atoms with Crippen LogP contribution in [0, 0.1) is 5.41 Å². The average molecular weight is 199 g/mol. The highest BCUT2D eigenvalue weighted by Gasteiger charge is 2.30. The Morgan fingerprint density at radius 1 is 1.50 bits per heavy atom. The van der Waals surface area contributed by atoms with E-state index in [-0.39, 0.29) is 12.1 Å². The highest BCUT2D eigenvalue weighted by Crippen LogP contribution is 2.28. The summed E-state index contributed by atoms with van der Waals surface area (Å²) in [6, 6.07) is 0. The number of carbonyl (C=O) groups is 1. The molecule has 82 valence electrons. The van der Waals surface area contributed by atoms with Crippen molar-refractivity contribution in [1.82, 2.24) is 4.90 Å². The monoisotopic (exact) mass is 199 g/mol. The topological polar surface area (TPSA) is 29.5 Å². The molecule has 0 aromatic heterocycles. The van der Waals surface area contributed by atoms with Gasteiger partial charge in [-0.05, 0) is 32.2 Å². The smallest absolute Gasteiger partial charge is 0.320 e. The van der Waals surface area contributed by atoms with Crippen molar-refractivity contribution in [2.75, 3.05) is 19.6 Å². The normalized spacial score (nSPS) is 21.5. The fraction of sp³-hybridized carbons (Fsp3) is 0.909. The summed E-state index contributed by atoms with van der Waals surface area (Å²) in [7, 11) is 0. The Kier molecular flexibility index (Phi) is 3.53. The zero-order valence-electron chi connectivity index (χ0n) is 9.67. The van der Waals surface area contributed by atoms with Crippen LogP contribution in [-0.4, -0.2) is 36.6 Å². The average Bonchev–Trinajstić information content (AvgIpc) is 2.27. The first-order valence-corrected chi connectivity index (χ1v) is 5.31. The van der Waals surface area contributed by atoms with Crippen molar-refractivity contribution in [2.45, 2.75) is 40.2 Å². The predicted molar refractivity (Wildman–Crippen MR) is 56.1 cm³/mol. The van der Waals surface area contributed by atoms with Gasteiger partial charge in [0.15, 0.2) is 0 Å². The van der Waals surface area contributed by atoms with Crippen LogP contribution >= 0.6 is 0 Å². The lowest BCUT2D eigenvalue weighted by atomic mass is 9.93. The fourth-order valence-electron chi connectivity index (χ4n) is 1.84. The van der Waals surface area contributed by atoms with Gasteiger partial charge in [0.1, 0.15) is 0 Å². The van der Waals surface area contributed by atoms with E-state index in [0.717, 1.165) is 13.1 Å². The first-order valence-electron chi connectivity index (χ1n) is 5.31. The number of ether oxygens (including phenoxy) is 1. The van der Waals surface area contributed by atoms with Crippen LogP contribution in [0.5, 0.6) is 0 Å². The summed E-state index contributed by atoms with van der Waals surface area (Å²) in [5.41, 5.74) is 0.359. The van der Waals surface area contributed by atoms with Crippen LogP contribution < -0.4 is 0 Å². The lowest BCUT2D eigenvalue weighted by Crippen LogP contribution is -2.31. The number of carbonyl (C=O) groups excluding carboxylic acids is 1. The molecule has 1 saturated heterocycles. The van der Waals surface area contributed by atoms with E-state index in [1.165, 1.54) is 6.42 Å². The number of hydrogen-bond acceptors (Lipinski definition) is 3. The lowest BCUT2D eigenvalue weighted by Gasteiger charge is -2.19. The Balaban J connectivity index is 2.29. The highest BCUT2D eigenvalue weighted by atomic mass is 16.5. The van der Waals surface area contributed by atoms with Crippen LogP contribution in [0.3, 0.4) is 0 Å². The summed E-state index contributed by atoms with van der Waals surface area (Å²) in [6.45, 7) is 10.7. The minimum absolute atomic E-state index is 0.00175. The largest absolute Gasteiger partial charge is 0.462 e. The Morgan fingerprint density at radius 3 is 2.57 bits per heavy atom. The number of nitrogens with zero attached hydrogens (tertiary/aromatic N) is 1. The van der Waals surface area contributed by atoms with Gasteiger partial charge in [-0.3, -0.25) is 9.69 Å². The van der Waals surface area contributed by atoms with Crippen molar-refractivity contribution >= 4 is 5.97 Å². The molecule has 1 fully saturated rings. The first kappa shape index (κ1) is 11.5. The lowest BCUT2D eigenvalue weighted by molar-refractivity contribution is -0.148.